The number of hydrogen-bond acceptors (Lipinski definition) is 3. The van der Waals surface area contributed by atoms with E-state index >= 15 is 0 Å². The molecule has 0 aromatic heterocycles. The number of carboxylic acid groups (broad SMARTS) is 1. The van der Waals surface area contributed by atoms with Gasteiger partial charge in [-0.2, -0.15) is 0 Å². The van der Waals surface area contributed by atoms with Gasteiger partial charge in [0.25, 0.3) is 0 Å². The van der Waals surface area contributed by atoms with Crippen molar-refractivity contribution in [1.29, 1.82) is 0 Å². The van der Waals surface area contributed by atoms with Crippen molar-refractivity contribution in [1.82, 2.24) is 10.2 Å². The van der Waals surface area contributed by atoms with Crippen molar-refractivity contribution in [2.75, 3.05) is 13.2 Å². The SMILES string of the molecule is CCCCN(C(=O)N[C@@H](CCO)C(=O)O)C(C)CC. The molecule has 0 aliphatic carbocycles. The quantitative estimate of drug-likeness (QED) is 0.593. The number of carbonyl (C=O) groups is 2. The highest BCUT2D eigenvalue weighted by atomic mass is 16.4. The molecule has 0 bridgehead atoms. The average molecular weight is 274 g/mol. The van der Waals surface area contributed by atoms with Crippen LogP contribution in [0, 0.1) is 0 Å². The van der Waals surface area contributed by atoms with Crippen LogP contribution in [0.5, 0.6) is 0 Å². The fourth-order valence-corrected chi connectivity index (χ4v) is 1.69. The number of unbranched alkanes of at least 4 members (excludes halogenated alkanes) is 1. The zero-order valence-electron chi connectivity index (χ0n) is 12.1. The second kappa shape index (κ2) is 9.61. The molecule has 0 rings (SSSR count). The smallest absolute Gasteiger partial charge is 0.326 e. The lowest BCUT2D eigenvalue weighted by molar-refractivity contribution is -0.139. The third kappa shape index (κ3) is 6.42. The van der Waals surface area contributed by atoms with Gasteiger partial charge in [0.15, 0.2) is 0 Å². The zero-order chi connectivity index (χ0) is 14.8. The lowest BCUT2D eigenvalue weighted by atomic mass is 10.2. The molecular weight excluding hydrogens is 248 g/mol. The molecule has 6 nitrogen and oxygen atoms in total. The lowest BCUT2D eigenvalue weighted by Gasteiger charge is -2.30. The number of amides is 2. The molecule has 0 aromatic rings. The Bertz CT molecular complexity index is 284. The minimum Gasteiger partial charge on any atom is -0.480 e. The van der Waals surface area contributed by atoms with Crippen molar-refractivity contribution < 1.29 is 19.8 Å². The number of aliphatic carboxylic acids is 1. The molecule has 19 heavy (non-hydrogen) atoms. The van der Waals surface area contributed by atoms with E-state index in [9.17, 15) is 9.59 Å². The second-order valence-electron chi connectivity index (χ2n) is 4.66. The molecule has 1 unspecified atom stereocenters. The van der Waals surface area contributed by atoms with Crippen LogP contribution >= 0.6 is 0 Å². The van der Waals surface area contributed by atoms with E-state index in [1.165, 1.54) is 0 Å². The zero-order valence-corrected chi connectivity index (χ0v) is 12.1. The van der Waals surface area contributed by atoms with Crippen LogP contribution < -0.4 is 5.32 Å². The molecule has 0 heterocycles. The summed E-state index contributed by atoms with van der Waals surface area (Å²) in [5.41, 5.74) is 0. The van der Waals surface area contributed by atoms with Crippen LogP contribution in [-0.2, 0) is 4.79 Å². The van der Waals surface area contributed by atoms with Crippen molar-refractivity contribution in [3.63, 3.8) is 0 Å². The fourth-order valence-electron chi connectivity index (χ4n) is 1.69. The summed E-state index contributed by atoms with van der Waals surface area (Å²) in [5.74, 6) is -1.12. The van der Waals surface area contributed by atoms with Crippen molar-refractivity contribution >= 4 is 12.0 Å². The number of carboxylic acids is 1. The number of nitrogens with one attached hydrogen (secondary N) is 1. The van der Waals surface area contributed by atoms with E-state index in [4.69, 9.17) is 10.2 Å². The Morgan fingerprint density at radius 3 is 2.37 bits per heavy atom. The van der Waals surface area contributed by atoms with Gasteiger partial charge in [-0.3, -0.25) is 0 Å². The summed E-state index contributed by atoms with van der Waals surface area (Å²) in [6.45, 7) is 6.31. The fraction of sp³-hybridized carbons (Fsp3) is 0.846. The lowest BCUT2D eigenvalue weighted by Crippen LogP contribution is -2.51. The Labute approximate surface area is 114 Å². The Balaban J connectivity index is 4.63. The number of urea groups is 1. The summed E-state index contributed by atoms with van der Waals surface area (Å²) < 4.78 is 0. The highest BCUT2D eigenvalue weighted by molar-refractivity contribution is 5.82. The summed E-state index contributed by atoms with van der Waals surface area (Å²) in [6, 6.07) is -1.34. The van der Waals surface area contributed by atoms with E-state index < -0.39 is 12.0 Å². The number of aliphatic hydroxyl groups excluding tert-OH is 1. The summed E-state index contributed by atoms with van der Waals surface area (Å²) in [6.07, 6.45) is 2.69. The van der Waals surface area contributed by atoms with E-state index in [1.54, 1.807) is 4.90 Å². The monoisotopic (exact) mass is 274 g/mol. The molecule has 112 valence electrons. The predicted molar refractivity (Wildman–Crippen MR) is 73.0 cm³/mol. The van der Waals surface area contributed by atoms with Crippen molar-refractivity contribution in [3.05, 3.63) is 0 Å². The van der Waals surface area contributed by atoms with Gasteiger partial charge in [-0.15, -0.1) is 0 Å². The van der Waals surface area contributed by atoms with Gasteiger partial charge in [0.1, 0.15) is 6.04 Å². The highest BCUT2D eigenvalue weighted by Gasteiger charge is 2.24. The van der Waals surface area contributed by atoms with E-state index in [2.05, 4.69) is 5.32 Å². The Morgan fingerprint density at radius 2 is 1.95 bits per heavy atom. The summed E-state index contributed by atoms with van der Waals surface area (Å²) in [4.78, 5) is 24.7. The molecule has 0 saturated carbocycles. The standard InChI is InChI=1S/C13H26N2O4/c1-4-6-8-15(10(3)5-2)13(19)14-11(7-9-16)12(17)18/h10-11,16H,4-9H2,1-3H3,(H,14,19)(H,17,18)/t10?,11-/m0/s1. The highest BCUT2D eigenvalue weighted by Crippen LogP contribution is 2.07. The first kappa shape index (κ1) is 17.7. The molecule has 6 heteroatoms. The van der Waals surface area contributed by atoms with Gasteiger partial charge in [-0.05, 0) is 19.8 Å². The van der Waals surface area contributed by atoms with Gasteiger partial charge in [0.05, 0.1) is 0 Å². The molecule has 3 N–H and O–H groups in total. The van der Waals surface area contributed by atoms with Crippen molar-refractivity contribution in [3.8, 4) is 0 Å². The molecule has 0 saturated heterocycles. The van der Waals surface area contributed by atoms with E-state index in [-0.39, 0.29) is 25.1 Å². The van der Waals surface area contributed by atoms with Gasteiger partial charge in [-0.25, -0.2) is 9.59 Å². The first-order chi connectivity index (χ1) is 8.97. The van der Waals surface area contributed by atoms with Crippen molar-refractivity contribution in [2.24, 2.45) is 0 Å². The van der Waals surface area contributed by atoms with Gasteiger partial charge < -0.3 is 20.4 Å². The first-order valence-electron chi connectivity index (χ1n) is 6.88. The number of aliphatic hydroxyl groups is 1. The third-order valence-electron chi connectivity index (χ3n) is 3.15. The third-order valence-corrected chi connectivity index (χ3v) is 3.15. The van der Waals surface area contributed by atoms with Gasteiger partial charge in [0.2, 0.25) is 0 Å². The van der Waals surface area contributed by atoms with Crippen LogP contribution in [0.3, 0.4) is 0 Å². The summed E-state index contributed by atoms with van der Waals surface area (Å²) >= 11 is 0. The average Bonchev–Trinajstić information content (AvgIpc) is 2.38. The Kier molecular flexibility index (Phi) is 8.95. The van der Waals surface area contributed by atoms with E-state index in [1.807, 2.05) is 20.8 Å². The second-order valence-corrected chi connectivity index (χ2v) is 4.66. The molecule has 0 spiro atoms. The van der Waals surface area contributed by atoms with Crippen LogP contribution in [0.25, 0.3) is 0 Å². The van der Waals surface area contributed by atoms with Crippen LogP contribution in [0.4, 0.5) is 4.79 Å². The molecule has 0 aliphatic rings. The first-order valence-corrected chi connectivity index (χ1v) is 6.88. The summed E-state index contributed by atoms with van der Waals surface area (Å²) in [7, 11) is 0. The molecule has 0 aliphatic heterocycles. The number of hydrogen-bond donors (Lipinski definition) is 3. The number of rotatable bonds is 9. The molecule has 0 aromatic carbocycles. The van der Waals surface area contributed by atoms with Gasteiger partial charge in [-0.1, -0.05) is 20.3 Å². The Hall–Kier alpha value is -1.30. The Morgan fingerprint density at radius 1 is 1.32 bits per heavy atom. The number of nitrogens with zero attached hydrogens (tertiary/aromatic N) is 1. The normalized spacial score (nSPS) is 13.7. The summed E-state index contributed by atoms with van der Waals surface area (Å²) in [5, 5.41) is 20.2. The van der Waals surface area contributed by atoms with Crippen molar-refractivity contribution in [2.45, 2.75) is 58.5 Å². The maximum absolute atomic E-state index is 12.1. The topological polar surface area (TPSA) is 89.9 Å². The van der Waals surface area contributed by atoms with Crippen LogP contribution in [0.2, 0.25) is 0 Å². The maximum atomic E-state index is 12.1. The van der Waals surface area contributed by atoms with Crippen LogP contribution in [0.15, 0.2) is 0 Å². The molecule has 0 radical (unpaired) electrons. The van der Waals surface area contributed by atoms with Crippen LogP contribution in [0.1, 0.15) is 46.5 Å². The predicted octanol–water partition coefficient (Wildman–Crippen LogP) is 1.43. The minimum atomic E-state index is -1.12. The minimum absolute atomic E-state index is 0.0171. The molecule has 2 amide bonds. The van der Waals surface area contributed by atoms with Gasteiger partial charge in [0, 0.05) is 25.6 Å². The largest absolute Gasteiger partial charge is 0.480 e. The number of carbonyl (C=O) groups excluding carboxylic acids is 1. The van der Waals surface area contributed by atoms with E-state index in [0.717, 1.165) is 19.3 Å². The maximum Gasteiger partial charge on any atom is 0.326 e. The van der Waals surface area contributed by atoms with Crippen LogP contribution in [-0.4, -0.2) is 52.3 Å². The molecular formula is C13H26N2O4. The molecule has 2 atom stereocenters. The van der Waals surface area contributed by atoms with Gasteiger partial charge >= 0.3 is 12.0 Å². The van der Waals surface area contributed by atoms with E-state index in [0.29, 0.717) is 6.54 Å². The molecule has 0 fully saturated rings.